The largest absolute Gasteiger partial charge is 0.453 e. The van der Waals surface area contributed by atoms with E-state index < -0.39 is 6.10 Å². The Labute approximate surface area is 167 Å². The van der Waals surface area contributed by atoms with Gasteiger partial charge in [-0.05, 0) is 45.7 Å². The van der Waals surface area contributed by atoms with Gasteiger partial charge in [0, 0.05) is 13.5 Å². The van der Waals surface area contributed by atoms with Crippen LogP contribution in [0.15, 0.2) is 24.3 Å². The molecular formula is C20H24N4O3S. The quantitative estimate of drug-likeness (QED) is 0.613. The highest BCUT2D eigenvalue weighted by atomic mass is 32.1. The molecule has 0 saturated carbocycles. The molecule has 0 bridgehead atoms. The van der Waals surface area contributed by atoms with E-state index in [9.17, 15) is 9.59 Å². The van der Waals surface area contributed by atoms with Crippen LogP contribution >= 0.6 is 11.3 Å². The number of hydrogen-bond donors (Lipinski definition) is 1. The summed E-state index contributed by atoms with van der Waals surface area (Å²) < 4.78 is 8.12. The average Bonchev–Trinajstić information content (AvgIpc) is 3.17. The number of ether oxygens (including phenoxy) is 1. The second-order valence-corrected chi connectivity index (χ2v) is 7.83. The standard InChI is InChI=1S/C20H24N4O3S/c1-12-19(13(2)24(4)23-12)22-20(26)14(3)27-18(25)11-7-10-17-21-15-8-5-6-9-16(15)28-17/h5-6,8-9,14H,7,10-11H2,1-4H3,(H,22,26)/t14-/m1/s1. The lowest BCUT2D eigenvalue weighted by atomic mass is 10.2. The van der Waals surface area contributed by atoms with Crippen molar-refractivity contribution in [3.8, 4) is 0 Å². The molecule has 1 aromatic carbocycles. The van der Waals surface area contributed by atoms with E-state index in [-0.39, 0.29) is 18.3 Å². The fourth-order valence-corrected chi connectivity index (χ4v) is 3.91. The number of nitrogens with zero attached hydrogens (tertiary/aromatic N) is 3. The molecule has 0 unspecified atom stereocenters. The van der Waals surface area contributed by atoms with Crippen LogP contribution in [-0.4, -0.2) is 32.7 Å². The molecule has 0 aliphatic rings. The van der Waals surface area contributed by atoms with Gasteiger partial charge in [-0.15, -0.1) is 11.3 Å². The summed E-state index contributed by atoms with van der Waals surface area (Å²) in [6.07, 6.45) is 0.726. The van der Waals surface area contributed by atoms with Crippen molar-refractivity contribution in [2.45, 2.75) is 46.1 Å². The van der Waals surface area contributed by atoms with Crippen molar-refractivity contribution in [3.05, 3.63) is 40.7 Å². The normalized spacial score (nSPS) is 12.1. The summed E-state index contributed by atoms with van der Waals surface area (Å²) in [4.78, 5) is 29.0. The number of anilines is 1. The van der Waals surface area contributed by atoms with Gasteiger partial charge in [-0.25, -0.2) is 4.98 Å². The summed E-state index contributed by atoms with van der Waals surface area (Å²) in [5.74, 6) is -0.748. The molecule has 1 N–H and O–H groups in total. The number of fused-ring (bicyclic) bond motifs is 1. The number of para-hydroxylation sites is 1. The summed E-state index contributed by atoms with van der Waals surface area (Å²) in [6, 6.07) is 7.97. The Morgan fingerprint density at radius 1 is 1.29 bits per heavy atom. The minimum atomic E-state index is -0.867. The molecule has 2 heterocycles. The Balaban J connectivity index is 1.46. The molecule has 0 aliphatic carbocycles. The molecule has 2 aromatic heterocycles. The SMILES string of the molecule is Cc1nn(C)c(C)c1NC(=O)[C@@H](C)OC(=O)CCCc1nc2ccccc2s1. The number of nitrogens with one attached hydrogen (secondary N) is 1. The number of esters is 1. The Hall–Kier alpha value is -2.74. The van der Waals surface area contributed by atoms with E-state index in [2.05, 4.69) is 15.4 Å². The van der Waals surface area contributed by atoms with E-state index in [0.29, 0.717) is 18.5 Å². The Morgan fingerprint density at radius 2 is 2.04 bits per heavy atom. The molecule has 1 atom stereocenters. The third kappa shape index (κ3) is 4.56. The van der Waals surface area contributed by atoms with Gasteiger partial charge in [-0.3, -0.25) is 14.3 Å². The van der Waals surface area contributed by atoms with E-state index >= 15 is 0 Å². The van der Waals surface area contributed by atoms with Crippen LogP contribution in [0.4, 0.5) is 5.69 Å². The smallest absolute Gasteiger partial charge is 0.306 e. The molecule has 7 nitrogen and oxygen atoms in total. The van der Waals surface area contributed by atoms with Gasteiger partial charge in [0.25, 0.3) is 5.91 Å². The summed E-state index contributed by atoms with van der Waals surface area (Å²) in [6.45, 7) is 5.26. The van der Waals surface area contributed by atoms with Crippen LogP contribution < -0.4 is 5.32 Å². The van der Waals surface area contributed by atoms with Gasteiger partial charge >= 0.3 is 5.97 Å². The van der Waals surface area contributed by atoms with Gasteiger partial charge in [0.2, 0.25) is 0 Å². The first kappa shape index (κ1) is 20.0. The third-order valence-corrected chi connectivity index (χ3v) is 5.64. The topological polar surface area (TPSA) is 86.1 Å². The number of carbonyl (C=O) groups excluding carboxylic acids is 2. The van der Waals surface area contributed by atoms with Crippen molar-refractivity contribution in [1.82, 2.24) is 14.8 Å². The van der Waals surface area contributed by atoms with Crippen LogP contribution in [0.5, 0.6) is 0 Å². The Morgan fingerprint density at radius 3 is 2.71 bits per heavy atom. The summed E-state index contributed by atoms with van der Waals surface area (Å²) in [5, 5.41) is 8.05. The highest BCUT2D eigenvalue weighted by Gasteiger charge is 2.20. The Kier molecular flexibility index (Phi) is 6.08. The molecular weight excluding hydrogens is 376 g/mol. The Bertz CT molecular complexity index is 975. The predicted octanol–water partition coefficient (Wildman–Crippen LogP) is 3.54. The molecule has 3 rings (SSSR count). The molecule has 3 aromatic rings. The predicted molar refractivity (Wildman–Crippen MR) is 109 cm³/mol. The fraction of sp³-hybridized carbons (Fsp3) is 0.400. The van der Waals surface area contributed by atoms with E-state index in [4.69, 9.17) is 4.74 Å². The maximum Gasteiger partial charge on any atom is 0.306 e. The lowest BCUT2D eigenvalue weighted by molar-refractivity contribution is -0.153. The molecule has 0 saturated heterocycles. The number of carbonyl (C=O) groups is 2. The van der Waals surface area contributed by atoms with Crippen molar-refractivity contribution in [1.29, 1.82) is 0 Å². The molecule has 0 spiro atoms. The molecule has 28 heavy (non-hydrogen) atoms. The van der Waals surface area contributed by atoms with E-state index in [1.165, 1.54) is 0 Å². The van der Waals surface area contributed by atoms with Gasteiger partial charge in [-0.2, -0.15) is 5.10 Å². The van der Waals surface area contributed by atoms with Crippen molar-refractivity contribution < 1.29 is 14.3 Å². The second kappa shape index (κ2) is 8.52. The number of aromatic nitrogens is 3. The maximum absolute atomic E-state index is 12.3. The number of rotatable bonds is 7. The monoisotopic (exact) mass is 400 g/mol. The molecule has 0 fully saturated rings. The zero-order valence-corrected chi connectivity index (χ0v) is 17.3. The molecule has 8 heteroatoms. The summed E-state index contributed by atoms with van der Waals surface area (Å²) in [5.41, 5.74) is 3.21. The first-order chi connectivity index (χ1) is 13.3. The van der Waals surface area contributed by atoms with Crippen LogP contribution in [-0.2, 0) is 27.8 Å². The maximum atomic E-state index is 12.3. The van der Waals surface area contributed by atoms with Crippen molar-refractivity contribution in [2.24, 2.45) is 7.05 Å². The van der Waals surface area contributed by atoms with Crippen LogP contribution in [0, 0.1) is 13.8 Å². The van der Waals surface area contributed by atoms with Crippen LogP contribution in [0.25, 0.3) is 10.2 Å². The zero-order valence-electron chi connectivity index (χ0n) is 16.5. The first-order valence-corrected chi connectivity index (χ1v) is 10.0. The lowest BCUT2D eigenvalue weighted by Crippen LogP contribution is -2.30. The fourth-order valence-electron chi connectivity index (χ4n) is 2.90. The van der Waals surface area contributed by atoms with Crippen LogP contribution in [0.2, 0.25) is 0 Å². The number of thiazole rings is 1. The van der Waals surface area contributed by atoms with Crippen LogP contribution in [0.1, 0.15) is 36.2 Å². The summed E-state index contributed by atoms with van der Waals surface area (Å²) in [7, 11) is 1.81. The number of aryl methyl sites for hydroxylation is 3. The van der Waals surface area contributed by atoms with Gasteiger partial charge in [0.15, 0.2) is 6.10 Å². The van der Waals surface area contributed by atoms with Crippen molar-refractivity contribution in [2.75, 3.05) is 5.32 Å². The van der Waals surface area contributed by atoms with Gasteiger partial charge in [0.1, 0.15) is 0 Å². The van der Waals surface area contributed by atoms with Crippen molar-refractivity contribution in [3.63, 3.8) is 0 Å². The highest BCUT2D eigenvalue weighted by molar-refractivity contribution is 7.18. The number of hydrogen-bond acceptors (Lipinski definition) is 6. The minimum Gasteiger partial charge on any atom is -0.453 e. The van der Waals surface area contributed by atoms with Gasteiger partial charge < -0.3 is 10.1 Å². The minimum absolute atomic E-state index is 0.249. The molecule has 0 aliphatic heterocycles. The van der Waals surface area contributed by atoms with E-state index in [0.717, 1.165) is 26.6 Å². The van der Waals surface area contributed by atoms with Gasteiger partial charge in [-0.1, -0.05) is 12.1 Å². The first-order valence-electron chi connectivity index (χ1n) is 9.20. The molecule has 1 amide bonds. The highest BCUT2D eigenvalue weighted by Crippen LogP contribution is 2.23. The van der Waals surface area contributed by atoms with E-state index in [1.807, 2.05) is 45.2 Å². The average molecular weight is 401 g/mol. The number of benzene rings is 1. The molecule has 148 valence electrons. The van der Waals surface area contributed by atoms with Crippen LogP contribution in [0.3, 0.4) is 0 Å². The number of amides is 1. The molecule has 0 radical (unpaired) electrons. The van der Waals surface area contributed by atoms with E-state index in [1.54, 1.807) is 22.9 Å². The van der Waals surface area contributed by atoms with Gasteiger partial charge in [0.05, 0.1) is 32.3 Å². The van der Waals surface area contributed by atoms with Crippen molar-refractivity contribution >= 4 is 39.1 Å². The summed E-state index contributed by atoms with van der Waals surface area (Å²) >= 11 is 1.64. The third-order valence-electron chi connectivity index (χ3n) is 4.54. The second-order valence-electron chi connectivity index (χ2n) is 6.72. The zero-order chi connectivity index (χ0) is 20.3. The lowest BCUT2D eigenvalue weighted by Gasteiger charge is -2.13.